The Kier molecular flexibility index (Phi) is 3.60. The predicted octanol–water partition coefficient (Wildman–Crippen LogP) is 3.59. The number of rotatable bonds is 4. The van der Waals surface area contributed by atoms with Gasteiger partial charge in [0.15, 0.2) is 0 Å². The highest BCUT2D eigenvalue weighted by atomic mass is 32.1. The molecule has 1 N–H and O–H groups in total. The zero-order valence-corrected chi connectivity index (χ0v) is 8.82. The Bertz CT molecular complexity index is 204. The second-order valence-corrected chi connectivity index (χ2v) is 4.47. The molecule has 0 fully saturated rings. The highest BCUT2D eigenvalue weighted by Gasteiger charge is 2.04. The van der Waals surface area contributed by atoms with Crippen molar-refractivity contribution in [2.45, 2.75) is 33.2 Å². The van der Waals surface area contributed by atoms with E-state index in [0.717, 1.165) is 5.92 Å². The summed E-state index contributed by atoms with van der Waals surface area (Å²) < 4.78 is 0. The van der Waals surface area contributed by atoms with Crippen LogP contribution in [-0.2, 0) is 0 Å². The fourth-order valence-corrected chi connectivity index (χ4v) is 1.99. The van der Waals surface area contributed by atoms with Gasteiger partial charge in [-0.05, 0) is 30.7 Å². The normalized spacial score (nSPS) is 13.3. The minimum atomic E-state index is 0.583. The summed E-state index contributed by atoms with van der Waals surface area (Å²) >= 11 is 1.74. The average molecular weight is 183 g/mol. The van der Waals surface area contributed by atoms with Crippen molar-refractivity contribution in [2.24, 2.45) is 5.92 Å². The van der Waals surface area contributed by atoms with Gasteiger partial charge >= 0.3 is 0 Å². The first-order chi connectivity index (χ1) is 5.68. The molecule has 12 heavy (non-hydrogen) atoms. The van der Waals surface area contributed by atoms with Crippen LogP contribution in [0.5, 0.6) is 0 Å². The molecule has 0 radical (unpaired) electrons. The number of anilines is 1. The smallest absolute Gasteiger partial charge is 0.0450 e. The summed E-state index contributed by atoms with van der Waals surface area (Å²) in [5.74, 6) is 0.770. The summed E-state index contributed by atoms with van der Waals surface area (Å²) in [5, 5.41) is 7.71. The molecule has 1 aromatic rings. The maximum Gasteiger partial charge on any atom is 0.0450 e. The Hall–Kier alpha value is -0.500. The first-order valence-corrected chi connectivity index (χ1v) is 5.41. The lowest BCUT2D eigenvalue weighted by atomic mass is 10.1. The molecule has 0 aliphatic carbocycles. The molecule has 0 saturated carbocycles. The third-order valence-corrected chi connectivity index (χ3v) is 2.44. The third kappa shape index (κ3) is 3.26. The van der Waals surface area contributed by atoms with Crippen LogP contribution in [0.2, 0.25) is 0 Å². The summed E-state index contributed by atoms with van der Waals surface area (Å²) in [7, 11) is 0. The lowest BCUT2D eigenvalue weighted by Crippen LogP contribution is -2.16. The first-order valence-electron chi connectivity index (χ1n) is 4.47. The molecule has 0 bridgehead atoms. The van der Waals surface area contributed by atoms with Crippen LogP contribution < -0.4 is 5.32 Å². The van der Waals surface area contributed by atoms with Gasteiger partial charge in [-0.15, -0.1) is 0 Å². The highest BCUT2D eigenvalue weighted by molar-refractivity contribution is 7.08. The van der Waals surface area contributed by atoms with Crippen molar-refractivity contribution in [3.63, 3.8) is 0 Å². The molecule has 1 atom stereocenters. The summed E-state index contributed by atoms with van der Waals surface area (Å²) in [6.45, 7) is 6.75. The quantitative estimate of drug-likeness (QED) is 0.752. The molecule has 1 nitrogen and oxygen atoms in total. The summed E-state index contributed by atoms with van der Waals surface area (Å²) in [4.78, 5) is 0. The maximum atomic E-state index is 3.46. The van der Waals surface area contributed by atoms with Gasteiger partial charge < -0.3 is 5.32 Å². The van der Waals surface area contributed by atoms with Crippen molar-refractivity contribution in [3.05, 3.63) is 16.8 Å². The molecular formula is C10H17NS. The van der Waals surface area contributed by atoms with Gasteiger partial charge in [0.05, 0.1) is 0 Å². The Morgan fingerprint density at radius 2 is 2.17 bits per heavy atom. The number of hydrogen-bond acceptors (Lipinski definition) is 2. The summed E-state index contributed by atoms with van der Waals surface area (Å²) in [6, 6.07) is 2.71. The second-order valence-electron chi connectivity index (χ2n) is 3.69. The maximum absolute atomic E-state index is 3.46. The molecule has 1 rings (SSSR count). The van der Waals surface area contributed by atoms with Gasteiger partial charge in [0, 0.05) is 17.1 Å². The highest BCUT2D eigenvalue weighted by Crippen LogP contribution is 2.15. The molecule has 0 saturated heterocycles. The van der Waals surface area contributed by atoms with Gasteiger partial charge in [-0.2, -0.15) is 11.3 Å². The van der Waals surface area contributed by atoms with Crippen LogP contribution in [0.15, 0.2) is 16.8 Å². The van der Waals surface area contributed by atoms with E-state index >= 15 is 0 Å². The van der Waals surface area contributed by atoms with Crippen molar-refractivity contribution in [1.82, 2.24) is 0 Å². The Labute approximate surface area is 78.8 Å². The molecule has 0 amide bonds. The number of hydrogen-bond donors (Lipinski definition) is 1. The predicted molar refractivity (Wildman–Crippen MR) is 56.9 cm³/mol. The topological polar surface area (TPSA) is 12.0 Å². The van der Waals surface area contributed by atoms with Gasteiger partial charge in [0.2, 0.25) is 0 Å². The molecule has 1 unspecified atom stereocenters. The molecule has 1 aromatic heterocycles. The van der Waals surface area contributed by atoms with Gasteiger partial charge in [0.1, 0.15) is 0 Å². The van der Waals surface area contributed by atoms with Gasteiger partial charge in [0.25, 0.3) is 0 Å². The first kappa shape index (κ1) is 9.59. The van der Waals surface area contributed by atoms with Crippen molar-refractivity contribution < 1.29 is 0 Å². The molecule has 0 aromatic carbocycles. The van der Waals surface area contributed by atoms with Crippen LogP contribution in [0.3, 0.4) is 0 Å². The molecule has 0 aliphatic heterocycles. The standard InChI is InChI=1S/C10H17NS/c1-8(2)6-9(3)11-10-4-5-12-7-10/h4-5,7-9,11H,6H2,1-3H3. The van der Waals surface area contributed by atoms with E-state index in [1.165, 1.54) is 12.1 Å². The van der Waals surface area contributed by atoms with Crippen LogP contribution in [-0.4, -0.2) is 6.04 Å². The van der Waals surface area contributed by atoms with Gasteiger partial charge in [-0.1, -0.05) is 13.8 Å². The zero-order chi connectivity index (χ0) is 8.97. The van der Waals surface area contributed by atoms with Crippen molar-refractivity contribution >= 4 is 17.0 Å². The third-order valence-electron chi connectivity index (χ3n) is 1.76. The fraction of sp³-hybridized carbons (Fsp3) is 0.600. The van der Waals surface area contributed by atoms with Crippen LogP contribution in [0.1, 0.15) is 27.2 Å². The Morgan fingerprint density at radius 3 is 2.67 bits per heavy atom. The molecule has 68 valence electrons. The SMILES string of the molecule is CC(C)CC(C)Nc1ccsc1. The monoisotopic (exact) mass is 183 g/mol. The summed E-state index contributed by atoms with van der Waals surface area (Å²) in [5.41, 5.74) is 1.26. The molecule has 0 spiro atoms. The zero-order valence-electron chi connectivity index (χ0n) is 8.00. The molecule has 0 aliphatic rings. The van der Waals surface area contributed by atoms with Crippen LogP contribution in [0.4, 0.5) is 5.69 Å². The molecule has 1 heterocycles. The van der Waals surface area contributed by atoms with Crippen LogP contribution in [0, 0.1) is 5.92 Å². The van der Waals surface area contributed by atoms with E-state index in [2.05, 4.69) is 42.9 Å². The van der Waals surface area contributed by atoms with E-state index < -0.39 is 0 Å². The Balaban J connectivity index is 2.32. The van der Waals surface area contributed by atoms with E-state index in [4.69, 9.17) is 0 Å². The number of nitrogens with one attached hydrogen (secondary N) is 1. The van der Waals surface area contributed by atoms with Crippen LogP contribution >= 0.6 is 11.3 Å². The van der Waals surface area contributed by atoms with E-state index in [9.17, 15) is 0 Å². The minimum Gasteiger partial charge on any atom is -0.382 e. The lowest BCUT2D eigenvalue weighted by Gasteiger charge is -2.15. The van der Waals surface area contributed by atoms with E-state index in [1.807, 2.05) is 0 Å². The van der Waals surface area contributed by atoms with E-state index in [0.29, 0.717) is 6.04 Å². The lowest BCUT2D eigenvalue weighted by molar-refractivity contribution is 0.540. The average Bonchev–Trinajstić information content (AvgIpc) is 2.37. The van der Waals surface area contributed by atoms with Crippen molar-refractivity contribution in [2.75, 3.05) is 5.32 Å². The molecular weight excluding hydrogens is 166 g/mol. The minimum absolute atomic E-state index is 0.583. The van der Waals surface area contributed by atoms with Crippen molar-refractivity contribution in [1.29, 1.82) is 0 Å². The fourth-order valence-electron chi connectivity index (χ4n) is 1.40. The molecule has 2 heteroatoms. The van der Waals surface area contributed by atoms with Gasteiger partial charge in [-0.3, -0.25) is 0 Å². The Morgan fingerprint density at radius 1 is 1.42 bits per heavy atom. The second kappa shape index (κ2) is 4.51. The van der Waals surface area contributed by atoms with Crippen LogP contribution in [0.25, 0.3) is 0 Å². The summed E-state index contributed by atoms with van der Waals surface area (Å²) in [6.07, 6.45) is 1.23. The van der Waals surface area contributed by atoms with Crippen molar-refractivity contribution in [3.8, 4) is 0 Å². The largest absolute Gasteiger partial charge is 0.382 e. The van der Waals surface area contributed by atoms with E-state index in [1.54, 1.807) is 11.3 Å². The number of thiophene rings is 1. The van der Waals surface area contributed by atoms with Gasteiger partial charge in [-0.25, -0.2) is 0 Å². The van der Waals surface area contributed by atoms with E-state index in [-0.39, 0.29) is 0 Å².